The van der Waals surface area contributed by atoms with Crippen LogP contribution in [0.25, 0.3) is 0 Å². The largest absolute Gasteiger partial charge is 0.376 e. The maximum atomic E-state index is 3.76. The Morgan fingerprint density at radius 3 is 2.58 bits per heavy atom. The van der Waals surface area contributed by atoms with E-state index >= 15 is 0 Å². The van der Waals surface area contributed by atoms with Gasteiger partial charge in [0.1, 0.15) is 0 Å². The Labute approximate surface area is 119 Å². The number of nitrogens with one attached hydrogen (secondary N) is 1. The number of rotatable bonds is 5. The molecule has 1 aromatic heterocycles. The molecule has 0 bridgehead atoms. The zero-order valence-corrected chi connectivity index (χ0v) is 12.3. The Bertz CT molecular complexity index is 529. The average Bonchev–Trinajstić information content (AvgIpc) is 3.11. The van der Waals surface area contributed by atoms with Gasteiger partial charge in [-0.05, 0) is 42.3 Å². The lowest BCUT2D eigenvalue weighted by molar-refractivity contribution is 0.691. The Morgan fingerprint density at radius 1 is 1.16 bits per heavy atom. The van der Waals surface area contributed by atoms with Crippen molar-refractivity contribution in [3.05, 3.63) is 46.7 Å². The first-order chi connectivity index (χ1) is 9.25. The summed E-state index contributed by atoms with van der Waals surface area (Å²) in [6.45, 7) is 0. The van der Waals surface area contributed by atoms with E-state index in [9.17, 15) is 0 Å². The number of benzene rings is 1. The Kier molecular flexibility index (Phi) is 3.47. The molecule has 1 heterocycles. The average molecular weight is 272 g/mol. The van der Waals surface area contributed by atoms with Crippen LogP contribution in [0.1, 0.15) is 23.8 Å². The van der Waals surface area contributed by atoms with Gasteiger partial charge in [0.2, 0.25) is 0 Å². The van der Waals surface area contributed by atoms with Crippen molar-refractivity contribution in [2.75, 3.05) is 24.3 Å². The molecule has 1 saturated carbocycles. The molecule has 0 aliphatic heterocycles. The first-order valence-electron chi connectivity index (χ1n) is 6.82. The number of nitrogens with zero attached hydrogens (tertiary/aromatic N) is 1. The van der Waals surface area contributed by atoms with Gasteiger partial charge in [-0.1, -0.05) is 18.2 Å². The van der Waals surface area contributed by atoms with E-state index in [4.69, 9.17) is 0 Å². The molecule has 1 unspecified atom stereocenters. The number of para-hydroxylation sites is 2. The minimum Gasteiger partial charge on any atom is -0.376 e. The zero-order valence-electron chi connectivity index (χ0n) is 11.5. The van der Waals surface area contributed by atoms with Crippen molar-refractivity contribution in [3.63, 3.8) is 0 Å². The van der Waals surface area contributed by atoms with E-state index in [1.54, 1.807) is 0 Å². The van der Waals surface area contributed by atoms with Gasteiger partial charge >= 0.3 is 0 Å². The number of thiophene rings is 1. The molecule has 0 spiro atoms. The molecule has 1 aliphatic rings. The molecular formula is C16H20N2S. The summed E-state index contributed by atoms with van der Waals surface area (Å²) in [6, 6.07) is 13.4. The fourth-order valence-corrected chi connectivity index (χ4v) is 3.34. The molecule has 1 atom stereocenters. The lowest BCUT2D eigenvalue weighted by Crippen LogP contribution is -2.16. The zero-order chi connectivity index (χ0) is 13.2. The second kappa shape index (κ2) is 5.25. The fraction of sp³-hybridized carbons (Fsp3) is 0.375. The molecular weight excluding hydrogens is 252 g/mol. The standard InChI is InChI=1S/C16H20N2S/c1-18(2)14-7-4-3-6-13(14)17-16(12-9-10-12)15-8-5-11-19-15/h3-8,11-12,16-17H,9-10H2,1-2H3. The normalized spacial score (nSPS) is 16.1. The van der Waals surface area contributed by atoms with E-state index < -0.39 is 0 Å². The molecule has 100 valence electrons. The van der Waals surface area contributed by atoms with Crippen molar-refractivity contribution in [1.29, 1.82) is 0 Å². The molecule has 3 rings (SSSR count). The van der Waals surface area contributed by atoms with Crippen molar-refractivity contribution < 1.29 is 0 Å². The summed E-state index contributed by atoms with van der Waals surface area (Å²) < 4.78 is 0. The fourth-order valence-electron chi connectivity index (χ4n) is 2.47. The lowest BCUT2D eigenvalue weighted by Gasteiger charge is -2.23. The maximum Gasteiger partial charge on any atom is 0.0635 e. The first kappa shape index (κ1) is 12.5. The van der Waals surface area contributed by atoms with Gasteiger partial charge in [-0.2, -0.15) is 0 Å². The van der Waals surface area contributed by atoms with Gasteiger partial charge in [-0.15, -0.1) is 11.3 Å². The highest BCUT2D eigenvalue weighted by atomic mass is 32.1. The van der Waals surface area contributed by atoms with Gasteiger partial charge in [-0.3, -0.25) is 0 Å². The number of hydrogen-bond donors (Lipinski definition) is 1. The minimum absolute atomic E-state index is 0.473. The van der Waals surface area contributed by atoms with Crippen LogP contribution in [0, 0.1) is 5.92 Å². The minimum atomic E-state index is 0.473. The summed E-state index contributed by atoms with van der Waals surface area (Å²) in [5, 5.41) is 5.93. The van der Waals surface area contributed by atoms with Crippen LogP contribution in [0.4, 0.5) is 11.4 Å². The van der Waals surface area contributed by atoms with Crippen molar-refractivity contribution in [2.45, 2.75) is 18.9 Å². The predicted octanol–water partition coefficient (Wildman–Crippen LogP) is 4.38. The van der Waals surface area contributed by atoms with Crippen molar-refractivity contribution in [2.24, 2.45) is 5.92 Å². The van der Waals surface area contributed by atoms with Crippen LogP contribution in [0.3, 0.4) is 0 Å². The van der Waals surface area contributed by atoms with Gasteiger partial charge < -0.3 is 10.2 Å². The van der Waals surface area contributed by atoms with Crippen LogP contribution in [0.15, 0.2) is 41.8 Å². The summed E-state index contributed by atoms with van der Waals surface area (Å²) in [4.78, 5) is 3.62. The molecule has 19 heavy (non-hydrogen) atoms. The number of hydrogen-bond acceptors (Lipinski definition) is 3. The molecule has 1 aliphatic carbocycles. The molecule has 1 N–H and O–H groups in total. The third-order valence-corrected chi connectivity index (χ3v) is 4.60. The van der Waals surface area contributed by atoms with Crippen molar-refractivity contribution in [1.82, 2.24) is 0 Å². The van der Waals surface area contributed by atoms with E-state index in [1.165, 1.54) is 29.1 Å². The van der Waals surface area contributed by atoms with Crippen LogP contribution >= 0.6 is 11.3 Å². The van der Waals surface area contributed by atoms with Gasteiger partial charge in [0.15, 0.2) is 0 Å². The van der Waals surface area contributed by atoms with Gasteiger partial charge in [0, 0.05) is 19.0 Å². The van der Waals surface area contributed by atoms with Gasteiger partial charge in [0.25, 0.3) is 0 Å². The molecule has 0 radical (unpaired) electrons. The molecule has 0 amide bonds. The maximum absolute atomic E-state index is 3.76. The van der Waals surface area contributed by atoms with E-state index in [1.807, 2.05) is 11.3 Å². The quantitative estimate of drug-likeness (QED) is 0.869. The van der Waals surface area contributed by atoms with Gasteiger partial charge in [0.05, 0.1) is 17.4 Å². The second-order valence-corrected chi connectivity index (χ2v) is 6.37. The lowest BCUT2D eigenvalue weighted by atomic mass is 10.1. The molecule has 3 heteroatoms. The van der Waals surface area contributed by atoms with Gasteiger partial charge in [-0.25, -0.2) is 0 Å². The molecule has 2 nitrogen and oxygen atoms in total. The Hall–Kier alpha value is -1.48. The predicted molar refractivity (Wildman–Crippen MR) is 84.2 cm³/mol. The first-order valence-corrected chi connectivity index (χ1v) is 7.70. The molecule has 1 aromatic carbocycles. The summed E-state index contributed by atoms with van der Waals surface area (Å²) in [5.74, 6) is 0.800. The number of anilines is 2. The summed E-state index contributed by atoms with van der Waals surface area (Å²) in [6.07, 6.45) is 2.69. The molecule has 1 fully saturated rings. The van der Waals surface area contributed by atoms with Crippen LogP contribution in [-0.2, 0) is 0 Å². The van der Waals surface area contributed by atoms with Crippen molar-refractivity contribution >= 4 is 22.7 Å². The van der Waals surface area contributed by atoms with Crippen LogP contribution < -0.4 is 10.2 Å². The Balaban J connectivity index is 1.86. The van der Waals surface area contributed by atoms with Crippen LogP contribution in [-0.4, -0.2) is 14.1 Å². The van der Waals surface area contributed by atoms with E-state index in [0.717, 1.165) is 5.92 Å². The van der Waals surface area contributed by atoms with Crippen LogP contribution in [0.2, 0.25) is 0 Å². The summed E-state index contributed by atoms with van der Waals surface area (Å²) >= 11 is 1.86. The van der Waals surface area contributed by atoms with E-state index in [0.29, 0.717) is 6.04 Å². The van der Waals surface area contributed by atoms with E-state index in [2.05, 4.69) is 66.1 Å². The third kappa shape index (κ3) is 2.76. The highest BCUT2D eigenvalue weighted by Crippen LogP contribution is 2.45. The highest BCUT2D eigenvalue weighted by molar-refractivity contribution is 7.10. The molecule has 2 aromatic rings. The summed E-state index contributed by atoms with van der Waals surface area (Å²) in [5.41, 5.74) is 2.49. The monoisotopic (exact) mass is 272 g/mol. The molecule has 0 saturated heterocycles. The topological polar surface area (TPSA) is 15.3 Å². The van der Waals surface area contributed by atoms with Crippen molar-refractivity contribution in [3.8, 4) is 0 Å². The second-order valence-electron chi connectivity index (χ2n) is 5.39. The van der Waals surface area contributed by atoms with E-state index in [-0.39, 0.29) is 0 Å². The third-order valence-electron chi connectivity index (χ3n) is 3.64. The Morgan fingerprint density at radius 2 is 1.95 bits per heavy atom. The highest BCUT2D eigenvalue weighted by Gasteiger charge is 2.33. The SMILES string of the molecule is CN(C)c1ccccc1NC(c1cccs1)C1CC1. The summed E-state index contributed by atoms with van der Waals surface area (Å²) in [7, 11) is 4.19. The smallest absolute Gasteiger partial charge is 0.0635 e. The van der Waals surface area contributed by atoms with Crippen LogP contribution in [0.5, 0.6) is 0 Å².